The smallest absolute Gasteiger partial charge is 0.254 e. The van der Waals surface area contributed by atoms with E-state index in [1.54, 1.807) is 13.8 Å². The highest BCUT2D eigenvalue weighted by molar-refractivity contribution is 5.20. The number of halogens is 5. The summed E-state index contributed by atoms with van der Waals surface area (Å²) in [5.41, 5.74) is -0.661. The van der Waals surface area contributed by atoms with Crippen LogP contribution in [0.2, 0.25) is 0 Å². The lowest BCUT2D eigenvalue weighted by molar-refractivity contribution is -0.290. The van der Waals surface area contributed by atoms with Crippen molar-refractivity contribution in [2.75, 3.05) is 0 Å². The molecule has 1 rings (SSSR count). The van der Waals surface area contributed by atoms with Crippen LogP contribution in [0.1, 0.15) is 31.0 Å². The van der Waals surface area contributed by atoms with E-state index in [-0.39, 0.29) is 5.92 Å². The lowest BCUT2D eigenvalue weighted by Gasteiger charge is -2.19. The number of hydrogen-bond acceptors (Lipinski definition) is 1. The van der Waals surface area contributed by atoms with E-state index in [2.05, 4.69) is 4.98 Å². The lowest BCUT2D eigenvalue weighted by Crippen LogP contribution is -2.34. The molecule has 0 aromatic carbocycles. The maximum absolute atomic E-state index is 12.8. The number of nitrogens with zero attached hydrogens (tertiary/aromatic N) is 1. The van der Waals surface area contributed by atoms with Crippen LogP contribution in [0.4, 0.5) is 22.0 Å². The van der Waals surface area contributed by atoms with E-state index in [1.807, 2.05) is 0 Å². The van der Waals surface area contributed by atoms with E-state index in [0.29, 0.717) is 11.6 Å². The molecule has 0 unspecified atom stereocenters. The Morgan fingerprint density at radius 3 is 1.94 bits per heavy atom. The average Bonchev–Trinajstić information content (AvgIpc) is 2.16. The van der Waals surface area contributed by atoms with Gasteiger partial charge in [0.2, 0.25) is 0 Å². The summed E-state index contributed by atoms with van der Waals surface area (Å²) < 4.78 is 61.6. The Hall–Kier alpha value is -1.20. The predicted molar refractivity (Wildman–Crippen MR) is 48.3 cm³/mol. The first-order chi connectivity index (χ1) is 7.16. The van der Waals surface area contributed by atoms with Gasteiger partial charge in [0.05, 0.1) is 0 Å². The van der Waals surface area contributed by atoms with E-state index in [1.165, 1.54) is 6.07 Å². The molecule has 0 spiro atoms. The van der Waals surface area contributed by atoms with Crippen molar-refractivity contribution in [1.82, 2.24) is 4.98 Å². The molecule has 0 atom stereocenters. The molecule has 1 heterocycles. The molecular weight excluding hydrogens is 229 g/mol. The van der Waals surface area contributed by atoms with E-state index in [0.717, 1.165) is 6.20 Å². The fourth-order valence-corrected chi connectivity index (χ4v) is 1.08. The van der Waals surface area contributed by atoms with E-state index in [9.17, 15) is 22.0 Å². The van der Waals surface area contributed by atoms with Crippen molar-refractivity contribution in [2.45, 2.75) is 31.9 Å². The maximum atomic E-state index is 12.8. The number of hydrogen-bond donors (Lipinski definition) is 0. The van der Waals surface area contributed by atoms with Crippen LogP contribution in [0.5, 0.6) is 0 Å². The summed E-state index contributed by atoms with van der Waals surface area (Å²) >= 11 is 0. The highest BCUT2D eigenvalue weighted by Gasteiger charge is 2.59. The van der Waals surface area contributed by atoms with Crippen LogP contribution >= 0.6 is 0 Å². The van der Waals surface area contributed by atoms with Crippen molar-refractivity contribution in [3.05, 3.63) is 29.6 Å². The van der Waals surface area contributed by atoms with Gasteiger partial charge >= 0.3 is 12.1 Å². The normalized spacial score (nSPS) is 13.2. The number of alkyl halides is 5. The van der Waals surface area contributed by atoms with Crippen LogP contribution in [0, 0.1) is 0 Å². The molecule has 1 aromatic rings. The molecule has 0 N–H and O–H groups in total. The summed E-state index contributed by atoms with van der Waals surface area (Å²) in [6.07, 6.45) is -4.57. The summed E-state index contributed by atoms with van der Waals surface area (Å²) in [4.78, 5) is 3.17. The predicted octanol–water partition coefficient (Wildman–Crippen LogP) is 3.86. The number of rotatable bonds is 2. The van der Waals surface area contributed by atoms with Crippen molar-refractivity contribution in [1.29, 1.82) is 0 Å². The van der Waals surface area contributed by atoms with Gasteiger partial charge in [0.1, 0.15) is 5.69 Å². The van der Waals surface area contributed by atoms with Crippen molar-refractivity contribution < 1.29 is 22.0 Å². The minimum absolute atomic E-state index is 0.0288. The van der Waals surface area contributed by atoms with Crippen LogP contribution in [-0.2, 0) is 5.92 Å². The number of aromatic nitrogens is 1. The Kier molecular flexibility index (Phi) is 3.21. The van der Waals surface area contributed by atoms with Crippen LogP contribution in [-0.4, -0.2) is 11.2 Å². The van der Waals surface area contributed by atoms with Gasteiger partial charge in [-0.2, -0.15) is 22.0 Å². The maximum Gasteiger partial charge on any atom is 0.459 e. The third-order valence-corrected chi connectivity index (χ3v) is 2.13. The van der Waals surface area contributed by atoms with Gasteiger partial charge in [-0.3, -0.25) is 4.98 Å². The van der Waals surface area contributed by atoms with E-state index >= 15 is 0 Å². The quantitative estimate of drug-likeness (QED) is 0.714. The first kappa shape index (κ1) is 12.9. The molecule has 0 bridgehead atoms. The number of pyridine rings is 1. The minimum Gasteiger partial charge on any atom is -0.254 e. The zero-order chi connectivity index (χ0) is 12.6. The lowest BCUT2D eigenvalue weighted by atomic mass is 10.0. The highest BCUT2D eigenvalue weighted by Crippen LogP contribution is 2.42. The molecule has 0 saturated carbocycles. The first-order valence-corrected chi connectivity index (χ1v) is 4.57. The van der Waals surface area contributed by atoms with E-state index < -0.39 is 17.8 Å². The molecule has 0 aliphatic heterocycles. The molecular formula is C10H10F5N. The van der Waals surface area contributed by atoms with Crippen LogP contribution < -0.4 is 0 Å². The van der Waals surface area contributed by atoms with Gasteiger partial charge in [-0.1, -0.05) is 19.9 Å². The van der Waals surface area contributed by atoms with Crippen LogP contribution in [0.15, 0.2) is 18.3 Å². The second-order valence-electron chi connectivity index (χ2n) is 3.70. The zero-order valence-electron chi connectivity index (χ0n) is 8.65. The van der Waals surface area contributed by atoms with Crippen LogP contribution in [0.3, 0.4) is 0 Å². The fourth-order valence-electron chi connectivity index (χ4n) is 1.08. The zero-order valence-corrected chi connectivity index (χ0v) is 8.65. The largest absolute Gasteiger partial charge is 0.459 e. The summed E-state index contributed by atoms with van der Waals surface area (Å²) in [5.74, 6) is -4.87. The molecule has 90 valence electrons. The van der Waals surface area contributed by atoms with Gasteiger partial charge in [0, 0.05) is 6.20 Å². The SMILES string of the molecule is CC(C)c1ccc(C(F)(F)C(F)(F)F)nc1. The fraction of sp³-hybridized carbons (Fsp3) is 0.500. The molecule has 0 saturated heterocycles. The Bertz CT molecular complexity index is 352. The summed E-state index contributed by atoms with van der Waals surface area (Å²) in [6.45, 7) is 3.58. The van der Waals surface area contributed by atoms with Crippen molar-refractivity contribution in [3.63, 3.8) is 0 Å². The topological polar surface area (TPSA) is 12.9 Å². The molecule has 0 aliphatic rings. The van der Waals surface area contributed by atoms with Gasteiger partial charge in [-0.05, 0) is 17.5 Å². The third-order valence-electron chi connectivity index (χ3n) is 2.13. The van der Waals surface area contributed by atoms with Gasteiger partial charge in [0.15, 0.2) is 0 Å². The van der Waals surface area contributed by atoms with Crippen LogP contribution in [0.25, 0.3) is 0 Å². The van der Waals surface area contributed by atoms with Crippen molar-refractivity contribution in [2.24, 2.45) is 0 Å². The first-order valence-electron chi connectivity index (χ1n) is 4.57. The summed E-state index contributed by atoms with van der Waals surface area (Å²) in [7, 11) is 0. The van der Waals surface area contributed by atoms with Gasteiger partial charge in [-0.15, -0.1) is 0 Å². The molecule has 1 nitrogen and oxygen atoms in total. The summed E-state index contributed by atoms with van der Waals surface area (Å²) in [5, 5.41) is 0. The molecule has 0 radical (unpaired) electrons. The molecule has 0 fully saturated rings. The average molecular weight is 239 g/mol. The summed E-state index contributed by atoms with van der Waals surface area (Å²) in [6, 6.07) is 1.94. The Morgan fingerprint density at radius 1 is 1.06 bits per heavy atom. The highest BCUT2D eigenvalue weighted by atomic mass is 19.4. The van der Waals surface area contributed by atoms with E-state index in [4.69, 9.17) is 0 Å². The standard InChI is InChI=1S/C10H10F5N/c1-6(2)7-3-4-8(16-5-7)9(11,12)10(13,14)15/h3-6H,1-2H3. The minimum atomic E-state index is -5.61. The monoisotopic (exact) mass is 239 g/mol. The molecule has 6 heteroatoms. The molecule has 16 heavy (non-hydrogen) atoms. The Balaban J connectivity index is 3.07. The Morgan fingerprint density at radius 2 is 1.62 bits per heavy atom. The van der Waals surface area contributed by atoms with Gasteiger partial charge in [0.25, 0.3) is 0 Å². The van der Waals surface area contributed by atoms with Gasteiger partial charge in [-0.25, -0.2) is 0 Å². The second kappa shape index (κ2) is 3.99. The second-order valence-corrected chi connectivity index (χ2v) is 3.70. The van der Waals surface area contributed by atoms with Gasteiger partial charge < -0.3 is 0 Å². The van der Waals surface area contributed by atoms with Crippen molar-refractivity contribution in [3.8, 4) is 0 Å². The molecule has 0 aliphatic carbocycles. The Labute approximate surface area is 89.3 Å². The third kappa shape index (κ3) is 2.31. The van der Waals surface area contributed by atoms with Crippen molar-refractivity contribution >= 4 is 0 Å². The molecule has 0 amide bonds. The molecule has 1 aromatic heterocycles.